The number of aryl methyl sites for hydroxylation is 1. The highest BCUT2D eigenvalue weighted by Crippen LogP contribution is 2.29. The highest BCUT2D eigenvalue weighted by Gasteiger charge is 2.20. The Kier molecular flexibility index (Phi) is 3.00. The van der Waals surface area contributed by atoms with E-state index >= 15 is 0 Å². The van der Waals surface area contributed by atoms with E-state index in [0.29, 0.717) is 0 Å². The predicted molar refractivity (Wildman–Crippen MR) is 71.9 cm³/mol. The zero-order valence-electron chi connectivity index (χ0n) is 9.92. The van der Waals surface area contributed by atoms with Gasteiger partial charge in [0, 0.05) is 0 Å². The molecule has 0 aromatic heterocycles. The van der Waals surface area contributed by atoms with Gasteiger partial charge in [0.2, 0.25) is 9.84 Å². The first-order chi connectivity index (χ1) is 8.43. The van der Waals surface area contributed by atoms with Crippen molar-refractivity contribution >= 4 is 21.2 Å². The van der Waals surface area contributed by atoms with Crippen LogP contribution in [-0.2, 0) is 9.84 Å². The number of anilines is 2. The first kappa shape index (κ1) is 12.4. The molecular formula is C13H14N2O2S. The highest BCUT2D eigenvalue weighted by molar-refractivity contribution is 7.91. The van der Waals surface area contributed by atoms with Crippen LogP contribution in [0.25, 0.3) is 0 Å². The quantitative estimate of drug-likeness (QED) is 0.810. The summed E-state index contributed by atoms with van der Waals surface area (Å²) < 4.78 is 24.8. The normalized spacial score (nSPS) is 11.4. The van der Waals surface area contributed by atoms with Crippen LogP contribution in [0.3, 0.4) is 0 Å². The molecule has 2 rings (SSSR count). The zero-order valence-corrected chi connectivity index (χ0v) is 10.7. The molecule has 2 aromatic rings. The van der Waals surface area contributed by atoms with E-state index in [1.165, 1.54) is 6.07 Å². The van der Waals surface area contributed by atoms with Crippen molar-refractivity contribution in [2.45, 2.75) is 16.7 Å². The van der Waals surface area contributed by atoms with Gasteiger partial charge >= 0.3 is 0 Å². The van der Waals surface area contributed by atoms with Gasteiger partial charge in [-0.1, -0.05) is 23.8 Å². The van der Waals surface area contributed by atoms with Crippen LogP contribution in [-0.4, -0.2) is 8.42 Å². The molecule has 0 fully saturated rings. The molecule has 0 heterocycles. The number of sulfone groups is 1. The summed E-state index contributed by atoms with van der Waals surface area (Å²) in [5.41, 5.74) is 12.7. The minimum absolute atomic E-state index is 0.0475. The minimum atomic E-state index is -3.61. The maximum absolute atomic E-state index is 12.4. The Bertz CT molecular complexity index is 677. The Morgan fingerprint density at radius 3 is 2.17 bits per heavy atom. The van der Waals surface area contributed by atoms with Gasteiger partial charge in [-0.3, -0.25) is 0 Å². The van der Waals surface area contributed by atoms with Crippen LogP contribution < -0.4 is 11.5 Å². The summed E-state index contributed by atoms with van der Waals surface area (Å²) in [5.74, 6) is 0. The molecule has 5 heteroatoms. The standard InChI is InChI=1S/C13H14N2O2S/c1-9-5-7-10(8-6-9)18(16,17)12-4-2-3-11(14)13(12)15/h2-8H,14-15H2,1H3. The molecule has 0 aliphatic carbocycles. The van der Waals surface area contributed by atoms with Crippen molar-refractivity contribution in [3.63, 3.8) is 0 Å². The number of hydrogen-bond acceptors (Lipinski definition) is 4. The molecule has 0 radical (unpaired) electrons. The van der Waals surface area contributed by atoms with Gasteiger partial charge < -0.3 is 11.5 Å². The van der Waals surface area contributed by atoms with Gasteiger partial charge in [0.15, 0.2) is 0 Å². The Labute approximate surface area is 106 Å². The van der Waals surface area contributed by atoms with Crippen molar-refractivity contribution in [3.8, 4) is 0 Å². The van der Waals surface area contributed by atoms with E-state index in [4.69, 9.17) is 11.5 Å². The lowest BCUT2D eigenvalue weighted by Crippen LogP contribution is -2.07. The lowest BCUT2D eigenvalue weighted by molar-refractivity contribution is 0.596. The van der Waals surface area contributed by atoms with Gasteiger partial charge in [-0.05, 0) is 31.2 Å². The first-order valence-corrected chi connectivity index (χ1v) is 6.87. The average Bonchev–Trinajstić information content (AvgIpc) is 2.33. The summed E-state index contributed by atoms with van der Waals surface area (Å²) in [6, 6.07) is 11.2. The third kappa shape index (κ3) is 2.04. The molecule has 2 aromatic carbocycles. The number of rotatable bonds is 2. The van der Waals surface area contributed by atoms with E-state index in [-0.39, 0.29) is 21.2 Å². The lowest BCUT2D eigenvalue weighted by atomic mass is 10.2. The largest absolute Gasteiger partial charge is 0.397 e. The van der Waals surface area contributed by atoms with Crippen LogP contribution in [0.15, 0.2) is 52.3 Å². The summed E-state index contributed by atoms with van der Waals surface area (Å²) in [6.07, 6.45) is 0. The minimum Gasteiger partial charge on any atom is -0.397 e. The Balaban J connectivity index is 2.62. The molecule has 0 atom stereocenters. The van der Waals surface area contributed by atoms with Crippen molar-refractivity contribution in [2.75, 3.05) is 11.5 Å². The number of benzene rings is 2. The summed E-state index contributed by atoms with van der Waals surface area (Å²) in [5, 5.41) is 0. The Hall–Kier alpha value is -2.01. The zero-order chi connectivity index (χ0) is 13.3. The fraction of sp³-hybridized carbons (Fsp3) is 0.0769. The van der Waals surface area contributed by atoms with Crippen LogP contribution in [0.4, 0.5) is 11.4 Å². The van der Waals surface area contributed by atoms with Crippen molar-refractivity contribution in [3.05, 3.63) is 48.0 Å². The molecule has 0 amide bonds. The summed E-state index contributed by atoms with van der Waals surface area (Å²) in [7, 11) is -3.61. The van der Waals surface area contributed by atoms with Crippen LogP contribution in [0, 0.1) is 6.92 Å². The second kappa shape index (κ2) is 4.34. The molecule has 18 heavy (non-hydrogen) atoms. The molecular weight excluding hydrogens is 248 g/mol. The van der Waals surface area contributed by atoms with Gasteiger partial charge in [-0.15, -0.1) is 0 Å². The van der Waals surface area contributed by atoms with Crippen molar-refractivity contribution < 1.29 is 8.42 Å². The third-order valence-corrected chi connectivity index (χ3v) is 4.55. The second-order valence-electron chi connectivity index (χ2n) is 4.08. The van der Waals surface area contributed by atoms with E-state index in [9.17, 15) is 8.42 Å². The van der Waals surface area contributed by atoms with Gasteiger partial charge in [0.1, 0.15) is 0 Å². The van der Waals surface area contributed by atoms with E-state index < -0.39 is 9.84 Å². The van der Waals surface area contributed by atoms with E-state index in [1.54, 1.807) is 36.4 Å². The summed E-state index contributed by atoms with van der Waals surface area (Å²) in [4.78, 5) is 0.261. The monoisotopic (exact) mass is 262 g/mol. The van der Waals surface area contributed by atoms with Crippen LogP contribution in [0.2, 0.25) is 0 Å². The molecule has 0 aliphatic heterocycles. The molecule has 4 N–H and O–H groups in total. The topological polar surface area (TPSA) is 86.2 Å². The highest BCUT2D eigenvalue weighted by atomic mass is 32.2. The number of nitrogen functional groups attached to an aromatic ring is 2. The van der Waals surface area contributed by atoms with Crippen LogP contribution in [0.1, 0.15) is 5.56 Å². The van der Waals surface area contributed by atoms with Gasteiger partial charge in [-0.25, -0.2) is 8.42 Å². The van der Waals surface area contributed by atoms with Crippen molar-refractivity contribution in [1.29, 1.82) is 0 Å². The molecule has 4 nitrogen and oxygen atoms in total. The van der Waals surface area contributed by atoms with Gasteiger partial charge in [-0.2, -0.15) is 0 Å². The molecule has 94 valence electrons. The fourth-order valence-electron chi connectivity index (χ4n) is 1.64. The molecule has 0 bridgehead atoms. The lowest BCUT2D eigenvalue weighted by Gasteiger charge is -2.09. The Morgan fingerprint density at radius 1 is 0.944 bits per heavy atom. The molecule has 0 spiro atoms. The third-order valence-electron chi connectivity index (χ3n) is 2.72. The van der Waals surface area contributed by atoms with E-state index in [2.05, 4.69) is 0 Å². The van der Waals surface area contributed by atoms with Crippen molar-refractivity contribution in [1.82, 2.24) is 0 Å². The maximum Gasteiger partial charge on any atom is 0.208 e. The molecule has 0 aliphatic rings. The van der Waals surface area contributed by atoms with E-state index in [0.717, 1.165) is 5.56 Å². The molecule has 0 unspecified atom stereocenters. The van der Waals surface area contributed by atoms with Crippen LogP contribution in [0.5, 0.6) is 0 Å². The van der Waals surface area contributed by atoms with Crippen LogP contribution >= 0.6 is 0 Å². The molecule has 0 saturated carbocycles. The Morgan fingerprint density at radius 2 is 1.56 bits per heavy atom. The first-order valence-electron chi connectivity index (χ1n) is 5.38. The second-order valence-corrected chi connectivity index (χ2v) is 5.99. The van der Waals surface area contributed by atoms with Gasteiger partial charge in [0.05, 0.1) is 21.2 Å². The number of para-hydroxylation sites is 1. The SMILES string of the molecule is Cc1ccc(S(=O)(=O)c2cccc(N)c2N)cc1. The molecule has 0 saturated heterocycles. The predicted octanol–water partition coefficient (Wildman–Crippen LogP) is 1.99. The summed E-state index contributed by atoms with van der Waals surface area (Å²) >= 11 is 0. The van der Waals surface area contributed by atoms with Crippen molar-refractivity contribution in [2.24, 2.45) is 0 Å². The number of hydrogen-bond donors (Lipinski definition) is 2. The van der Waals surface area contributed by atoms with Gasteiger partial charge in [0.25, 0.3) is 0 Å². The fourth-order valence-corrected chi connectivity index (χ4v) is 3.05. The maximum atomic E-state index is 12.4. The summed E-state index contributed by atoms with van der Waals surface area (Å²) in [6.45, 7) is 1.89. The average molecular weight is 262 g/mol. The smallest absolute Gasteiger partial charge is 0.208 e. The number of nitrogens with two attached hydrogens (primary N) is 2. The van der Waals surface area contributed by atoms with E-state index in [1.807, 2.05) is 6.92 Å².